The number of benzene rings is 3. The summed E-state index contributed by atoms with van der Waals surface area (Å²) in [5.41, 5.74) is 2.88. The van der Waals surface area contributed by atoms with Gasteiger partial charge in [-0.1, -0.05) is 41.9 Å². The van der Waals surface area contributed by atoms with Crippen molar-refractivity contribution >= 4 is 17.4 Å². The summed E-state index contributed by atoms with van der Waals surface area (Å²) >= 11 is 6.24. The summed E-state index contributed by atoms with van der Waals surface area (Å²) in [5, 5.41) is 4.46. The van der Waals surface area contributed by atoms with Gasteiger partial charge in [0.2, 0.25) is 0 Å². The fourth-order valence-electron chi connectivity index (χ4n) is 4.97. The van der Waals surface area contributed by atoms with E-state index < -0.39 is 0 Å². The van der Waals surface area contributed by atoms with Crippen LogP contribution in [0.4, 0.5) is 4.39 Å². The van der Waals surface area contributed by atoms with Crippen molar-refractivity contribution < 1.29 is 13.9 Å². The molecule has 1 aliphatic rings. The van der Waals surface area contributed by atoms with E-state index in [0.29, 0.717) is 23.6 Å². The quantitative estimate of drug-likeness (QED) is 0.329. The monoisotopic (exact) mass is 494 g/mol. The minimum Gasteiger partial charge on any atom is -0.496 e. The summed E-state index contributed by atoms with van der Waals surface area (Å²) in [5.74, 6) is 0.556. The second-order valence-corrected chi connectivity index (χ2v) is 9.45. The van der Waals surface area contributed by atoms with Crippen LogP contribution in [0.2, 0.25) is 5.02 Å². The van der Waals surface area contributed by atoms with Crippen molar-refractivity contribution in [3.8, 4) is 5.75 Å². The predicted molar refractivity (Wildman–Crippen MR) is 139 cm³/mol. The van der Waals surface area contributed by atoms with Crippen molar-refractivity contribution in [2.45, 2.75) is 44.3 Å². The Hall–Kier alpha value is -2.73. The molecule has 1 heterocycles. The second-order valence-electron chi connectivity index (χ2n) is 9.01. The van der Waals surface area contributed by atoms with Gasteiger partial charge in [-0.05, 0) is 80.4 Å². The highest BCUT2D eigenvalue weighted by Gasteiger charge is 2.32. The Bertz CT molecular complexity index is 1110. The average Bonchev–Trinajstić information content (AvgIpc) is 2.88. The number of halogens is 2. The zero-order valence-electron chi connectivity index (χ0n) is 20.1. The first kappa shape index (κ1) is 25.4. The molecule has 4 rings (SSSR count). The van der Waals surface area contributed by atoms with Crippen LogP contribution in [0.1, 0.15) is 53.2 Å². The first-order valence-electron chi connectivity index (χ1n) is 12.2. The third-order valence-electron chi connectivity index (χ3n) is 6.69. The number of carbonyl (C=O) groups excluding carboxylic acids is 1. The van der Waals surface area contributed by atoms with Gasteiger partial charge >= 0.3 is 0 Å². The molecular weight excluding hydrogens is 463 g/mol. The lowest BCUT2D eigenvalue weighted by molar-refractivity contribution is 0.0929. The van der Waals surface area contributed by atoms with Crippen LogP contribution >= 0.6 is 11.6 Å². The number of Topliss-reactive ketones (excluding diaryl/α,β-unsaturated/α-hetero) is 1. The van der Waals surface area contributed by atoms with Gasteiger partial charge in [0, 0.05) is 35.2 Å². The van der Waals surface area contributed by atoms with Gasteiger partial charge in [0.15, 0.2) is 5.78 Å². The van der Waals surface area contributed by atoms with E-state index in [0.717, 1.165) is 43.7 Å². The van der Waals surface area contributed by atoms with E-state index in [1.807, 2.05) is 24.3 Å². The lowest BCUT2D eigenvalue weighted by Crippen LogP contribution is -2.48. The third kappa shape index (κ3) is 6.69. The summed E-state index contributed by atoms with van der Waals surface area (Å²) in [4.78, 5) is 15.1. The standard InChI is InChI=1S/C29H32ClFN2O2/c1-35-28-16-13-24(30)19-23(28)20-32-26-9-5-17-33(29(26)22-7-3-2-4-8-22)18-6-10-27(34)21-11-14-25(31)15-12-21/h2-4,7-8,11-16,19,26,29,32H,5-6,9-10,17-18,20H2,1H3/t26-,29-/m1/s1. The minimum atomic E-state index is -0.325. The number of piperidine rings is 1. The van der Waals surface area contributed by atoms with E-state index >= 15 is 0 Å². The lowest BCUT2D eigenvalue weighted by Gasteiger charge is -2.42. The summed E-state index contributed by atoms with van der Waals surface area (Å²) in [7, 11) is 1.68. The number of hydrogen-bond acceptors (Lipinski definition) is 4. The van der Waals surface area contributed by atoms with Gasteiger partial charge in [0.05, 0.1) is 13.2 Å². The molecule has 3 aromatic rings. The van der Waals surface area contributed by atoms with E-state index in [-0.39, 0.29) is 23.7 Å². The normalized spacial score (nSPS) is 18.4. The number of nitrogens with one attached hydrogen (secondary N) is 1. The van der Waals surface area contributed by atoms with E-state index in [9.17, 15) is 9.18 Å². The molecule has 0 unspecified atom stereocenters. The largest absolute Gasteiger partial charge is 0.496 e. The Morgan fingerprint density at radius 2 is 1.89 bits per heavy atom. The van der Waals surface area contributed by atoms with Gasteiger partial charge < -0.3 is 10.1 Å². The molecule has 0 aromatic heterocycles. The van der Waals surface area contributed by atoms with Crippen molar-refractivity contribution in [1.82, 2.24) is 10.2 Å². The molecule has 1 aliphatic heterocycles. The molecule has 1 fully saturated rings. The maximum Gasteiger partial charge on any atom is 0.162 e. The van der Waals surface area contributed by atoms with E-state index in [2.05, 4.69) is 34.5 Å². The maximum absolute atomic E-state index is 13.2. The molecule has 35 heavy (non-hydrogen) atoms. The van der Waals surface area contributed by atoms with Crippen LogP contribution in [0, 0.1) is 5.82 Å². The predicted octanol–water partition coefficient (Wildman–Crippen LogP) is 6.45. The Morgan fingerprint density at radius 3 is 2.63 bits per heavy atom. The zero-order valence-corrected chi connectivity index (χ0v) is 20.8. The molecule has 4 nitrogen and oxygen atoms in total. The highest BCUT2D eigenvalue weighted by Crippen LogP contribution is 2.32. The molecule has 0 saturated carbocycles. The fourth-order valence-corrected chi connectivity index (χ4v) is 5.17. The molecule has 3 aromatic carbocycles. The fraction of sp³-hybridized carbons (Fsp3) is 0.345. The van der Waals surface area contributed by atoms with Gasteiger partial charge in [-0.15, -0.1) is 0 Å². The Labute approximate surface area is 212 Å². The number of methoxy groups -OCH3 is 1. The molecule has 6 heteroatoms. The van der Waals surface area contributed by atoms with Crippen LogP contribution in [0.15, 0.2) is 72.8 Å². The van der Waals surface area contributed by atoms with Crippen LogP contribution in [0.25, 0.3) is 0 Å². The highest BCUT2D eigenvalue weighted by molar-refractivity contribution is 6.30. The van der Waals surface area contributed by atoms with E-state index in [4.69, 9.17) is 16.3 Å². The summed E-state index contributed by atoms with van der Waals surface area (Å²) < 4.78 is 18.7. The molecule has 0 bridgehead atoms. The van der Waals surface area contributed by atoms with Gasteiger partial charge in [-0.2, -0.15) is 0 Å². The van der Waals surface area contributed by atoms with Gasteiger partial charge in [-0.25, -0.2) is 4.39 Å². The van der Waals surface area contributed by atoms with E-state index in [1.165, 1.54) is 17.7 Å². The lowest BCUT2D eigenvalue weighted by atomic mass is 9.89. The zero-order chi connectivity index (χ0) is 24.6. The third-order valence-corrected chi connectivity index (χ3v) is 6.92. The number of rotatable bonds is 10. The van der Waals surface area contributed by atoms with Crippen molar-refractivity contribution in [3.63, 3.8) is 0 Å². The number of nitrogens with zero attached hydrogens (tertiary/aromatic N) is 1. The maximum atomic E-state index is 13.2. The van der Waals surface area contributed by atoms with Crippen molar-refractivity contribution in [1.29, 1.82) is 0 Å². The molecule has 0 spiro atoms. The smallest absolute Gasteiger partial charge is 0.162 e. The van der Waals surface area contributed by atoms with Crippen LogP contribution in [0.5, 0.6) is 5.75 Å². The average molecular weight is 495 g/mol. The molecule has 184 valence electrons. The van der Waals surface area contributed by atoms with E-state index in [1.54, 1.807) is 19.2 Å². The SMILES string of the molecule is COc1ccc(Cl)cc1CN[C@@H]1CCCN(CCCC(=O)c2ccc(F)cc2)[C@@H]1c1ccccc1. The highest BCUT2D eigenvalue weighted by atomic mass is 35.5. The topological polar surface area (TPSA) is 41.6 Å². The molecule has 0 amide bonds. The molecule has 1 saturated heterocycles. The number of carbonyl (C=O) groups is 1. The Kier molecular flexibility index (Phi) is 8.91. The van der Waals surface area contributed by atoms with Crippen LogP contribution in [-0.2, 0) is 6.54 Å². The van der Waals surface area contributed by atoms with Crippen molar-refractivity contribution in [2.24, 2.45) is 0 Å². The van der Waals surface area contributed by atoms with Crippen molar-refractivity contribution in [3.05, 3.63) is 100 Å². The first-order chi connectivity index (χ1) is 17.0. The van der Waals surface area contributed by atoms with Crippen molar-refractivity contribution in [2.75, 3.05) is 20.2 Å². The number of hydrogen-bond donors (Lipinski definition) is 1. The number of likely N-dealkylation sites (tertiary alicyclic amines) is 1. The summed E-state index contributed by atoms with van der Waals surface area (Å²) in [6.07, 6.45) is 3.35. The Morgan fingerprint density at radius 1 is 1.11 bits per heavy atom. The molecule has 0 aliphatic carbocycles. The first-order valence-corrected chi connectivity index (χ1v) is 12.6. The van der Waals surface area contributed by atoms with Gasteiger partial charge in [0.1, 0.15) is 11.6 Å². The molecule has 0 radical (unpaired) electrons. The molecular formula is C29H32ClFN2O2. The van der Waals surface area contributed by atoms with Crippen LogP contribution < -0.4 is 10.1 Å². The number of ketones is 1. The van der Waals surface area contributed by atoms with Gasteiger partial charge in [0.25, 0.3) is 0 Å². The number of ether oxygens (including phenoxy) is 1. The molecule has 1 N–H and O–H groups in total. The van der Waals surface area contributed by atoms with Crippen LogP contribution in [0.3, 0.4) is 0 Å². The minimum absolute atomic E-state index is 0.0565. The summed E-state index contributed by atoms with van der Waals surface area (Å²) in [6, 6.07) is 22.5. The second kappa shape index (κ2) is 12.3. The van der Waals surface area contributed by atoms with Gasteiger partial charge in [-0.3, -0.25) is 9.69 Å². The van der Waals surface area contributed by atoms with Crippen LogP contribution in [-0.4, -0.2) is 36.9 Å². The summed E-state index contributed by atoms with van der Waals surface area (Å²) in [6.45, 7) is 2.47. The Balaban J connectivity index is 1.44. The molecule has 2 atom stereocenters.